The van der Waals surface area contributed by atoms with Gasteiger partial charge in [-0.3, -0.25) is 4.79 Å². The molecule has 0 aromatic heterocycles. The Labute approximate surface area is 83.5 Å². The molecule has 1 aliphatic heterocycles. The summed E-state index contributed by atoms with van der Waals surface area (Å²) in [5.74, 6) is -0.252. The lowest BCUT2D eigenvalue weighted by Crippen LogP contribution is -2.38. The monoisotopic (exact) mass is 202 g/mol. The number of likely N-dealkylation sites (tertiary alicyclic amines) is 1. The molecular weight excluding hydrogens is 184 g/mol. The molecule has 0 radical (unpaired) electrons. The molecule has 0 saturated carbocycles. The number of amides is 1. The van der Waals surface area contributed by atoms with Crippen LogP contribution in [0.15, 0.2) is 0 Å². The maximum Gasteiger partial charge on any atom is 0.227 e. The number of nitrogens with zero attached hydrogens (tertiary/aromatic N) is 1. The lowest BCUT2D eigenvalue weighted by molar-refractivity contribution is -0.134. The molecule has 82 valence electrons. The first-order chi connectivity index (χ1) is 6.60. The first-order valence-electron chi connectivity index (χ1n) is 4.95. The highest BCUT2D eigenvalue weighted by molar-refractivity contribution is 5.79. The van der Waals surface area contributed by atoms with Gasteiger partial charge in [0.2, 0.25) is 5.91 Å². The molecule has 5 nitrogen and oxygen atoms in total. The van der Waals surface area contributed by atoms with E-state index in [0.717, 1.165) is 0 Å². The van der Waals surface area contributed by atoms with Gasteiger partial charge in [0, 0.05) is 19.6 Å². The quantitative estimate of drug-likeness (QED) is 0.522. The van der Waals surface area contributed by atoms with Crippen LogP contribution in [0.1, 0.15) is 13.3 Å². The van der Waals surface area contributed by atoms with Gasteiger partial charge in [-0.25, -0.2) is 0 Å². The van der Waals surface area contributed by atoms with Gasteiger partial charge in [0.15, 0.2) is 0 Å². The minimum Gasteiger partial charge on any atom is -0.388 e. The Hall–Kier alpha value is -0.650. The van der Waals surface area contributed by atoms with Gasteiger partial charge in [0.05, 0.1) is 18.1 Å². The van der Waals surface area contributed by atoms with Crippen LogP contribution in [0.4, 0.5) is 0 Å². The van der Waals surface area contributed by atoms with Crippen molar-refractivity contribution in [2.24, 2.45) is 11.7 Å². The fourth-order valence-corrected chi connectivity index (χ4v) is 1.65. The van der Waals surface area contributed by atoms with Gasteiger partial charge in [0.25, 0.3) is 0 Å². The van der Waals surface area contributed by atoms with Crippen molar-refractivity contribution < 1.29 is 15.0 Å². The summed E-state index contributed by atoms with van der Waals surface area (Å²) in [6.07, 6.45) is -0.929. The predicted octanol–water partition coefficient (Wildman–Crippen LogP) is -1.46. The summed E-state index contributed by atoms with van der Waals surface area (Å²) in [6, 6.07) is 0. The number of nitrogens with two attached hydrogens (primary N) is 1. The molecule has 1 saturated heterocycles. The molecule has 1 unspecified atom stereocenters. The lowest BCUT2D eigenvalue weighted by atomic mass is 10.1. The third kappa shape index (κ3) is 2.23. The zero-order valence-electron chi connectivity index (χ0n) is 8.39. The van der Waals surface area contributed by atoms with E-state index in [-0.39, 0.29) is 24.9 Å². The number of carbonyl (C=O) groups excluding carboxylic acids is 1. The Morgan fingerprint density at radius 1 is 1.50 bits per heavy atom. The molecule has 1 rings (SSSR count). The Morgan fingerprint density at radius 3 is 2.36 bits per heavy atom. The summed E-state index contributed by atoms with van der Waals surface area (Å²) in [5, 5.41) is 18.5. The summed E-state index contributed by atoms with van der Waals surface area (Å²) < 4.78 is 0. The minimum atomic E-state index is -0.811. The fraction of sp³-hybridized carbons (Fsp3) is 0.889. The SMILES string of the molecule is CCC(CN)C(=O)N1C[C@@H](O)[C@@H](O)C1. The molecule has 1 fully saturated rings. The van der Waals surface area contributed by atoms with E-state index in [9.17, 15) is 15.0 Å². The average molecular weight is 202 g/mol. The second-order valence-corrected chi connectivity index (χ2v) is 3.72. The lowest BCUT2D eigenvalue weighted by Gasteiger charge is -2.20. The van der Waals surface area contributed by atoms with Gasteiger partial charge in [-0.1, -0.05) is 6.92 Å². The molecule has 14 heavy (non-hydrogen) atoms. The van der Waals surface area contributed by atoms with Crippen LogP contribution in [0.3, 0.4) is 0 Å². The molecular formula is C9H18N2O3. The van der Waals surface area contributed by atoms with Crippen LogP contribution < -0.4 is 5.73 Å². The van der Waals surface area contributed by atoms with Crippen molar-refractivity contribution in [2.75, 3.05) is 19.6 Å². The van der Waals surface area contributed by atoms with E-state index in [1.807, 2.05) is 6.92 Å². The van der Waals surface area contributed by atoms with Gasteiger partial charge in [-0.05, 0) is 6.42 Å². The van der Waals surface area contributed by atoms with Gasteiger partial charge in [0.1, 0.15) is 0 Å². The molecule has 1 heterocycles. The van der Waals surface area contributed by atoms with Crippen LogP contribution in [-0.2, 0) is 4.79 Å². The maximum absolute atomic E-state index is 11.7. The molecule has 0 aromatic rings. The van der Waals surface area contributed by atoms with E-state index in [0.29, 0.717) is 13.0 Å². The number of aliphatic hydroxyl groups is 2. The largest absolute Gasteiger partial charge is 0.388 e. The van der Waals surface area contributed by atoms with Crippen LogP contribution >= 0.6 is 0 Å². The third-order valence-electron chi connectivity index (χ3n) is 2.70. The Bertz CT molecular complexity index is 196. The zero-order valence-corrected chi connectivity index (χ0v) is 8.39. The molecule has 0 bridgehead atoms. The predicted molar refractivity (Wildman–Crippen MR) is 51.4 cm³/mol. The van der Waals surface area contributed by atoms with Crippen molar-refractivity contribution in [2.45, 2.75) is 25.6 Å². The highest BCUT2D eigenvalue weighted by Gasteiger charge is 2.34. The second kappa shape index (κ2) is 4.72. The maximum atomic E-state index is 11.7. The molecule has 1 aliphatic rings. The van der Waals surface area contributed by atoms with Crippen LogP contribution in [0, 0.1) is 5.92 Å². The number of β-amino-alcohol motifs (C(OH)–C–C–N with tert-alkyl or cyclic N) is 2. The van der Waals surface area contributed by atoms with Crippen LogP contribution in [0.25, 0.3) is 0 Å². The van der Waals surface area contributed by atoms with Crippen molar-refractivity contribution in [3.05, 3.63) is 0 Å². The van der Waals surface area contributed by atoms with E-state index in [2.05, 4.69) is 0 Å². The third-order valence-corrected chi connectivity index (χ3v) is 2.70. The van der Waals surface area contributed by atoms with E-state index in [1.165, 1.54) is 4.90 Å². The standard InChI is InChI=1S/C9H18N2O3/c1-2-6(3-10)9(14)11-4-7(12)8(13)5-11/h6-8,12-13H,2-5,10H2,1H3/t6?,7-,8+. The van der Waals surface area contributed by atoms with Crippen LogP contribution in [0.2, 0.25) is 0 Å². The topological polar surface area (TPSA) is 86.8 Å². The van der Waals surface area contributed by atoms with E-state index in [1.54, 1.807) is 0 Å². The van der Waals surface area contributed by atoms with Crippen molar-refractivity contribution in [3.63, 3.8) is 0 Å². The number of carbonyl (C=O) groups is 1. The molecule has 0 aliphatic carbocycles. The summed E-state index contributed by atoms with van der Waals surface area (Å²) >= 11 is 0. The van der Waals surface area contributed by atoms with Crippen molar-refractivity contribution >= 4 is 5.91 Å². The molecule has 4 N–H and O–H groups in total. The summed E-state index contributed by atoms with van der Waals surface area (Å²) in [4.78, 5) is 13.2. The minimum absolute atomic E-state index is 0.0643. The molecule has 0 aromatic carbocycles. The van der Waals surface area contributed by atoms with Gasteiger partial charge >= 0.3 is 0 Å². The Morgan fingerprint density at radius 2 is 2.00 bits per heavy atom. The van der Waals surface area contributed by atoms with E-state index >= 15 is 0 Å². The average Bonchev–Trinajstić information content (AvgIpc) is 2.49. The molecule has 3 atom stereocenters. The number of aliphatic hydroxyl groups excluding tert-OH is 2. The Kier molecular flexibility index (Phi) is 3.86. The number of hydrogen-bond donors (Lipinski definition) is 3. The number of hydrogen-bond acceptors (Lipinski definition) is 4. The van der Waals surface area contributed by atoms with Crippen molar-refractivity contribution in [1.82, 2.24) is 4.90 Å². The highest BCUT2D eigenvalue weighted by atomic mass is 16.3. The smallest absolute Gasteiger partial charge is 0.227 e. The van der Waals surface area contributed by atoms with E-state index < -0.39 is 12.2 Å². The highest BCUT2D eigenvalue weighted by Crippen LogP contribution is 2.14. The molecule has 5 heteroatoms. The Balaban J connectivity index is 2.54. The first kappa shape index (κ1) is 11.4. The van der Waals surface area contributed by atoms with Gasteiger partial charge in [-0.2, -0.15) is 0 Å². The van der Waals surface area contributed by atoms with Crippen molar-refractivity contribution in [3.8, 4) is 0 Å². The number of rotatable bonds is 3. The summed E-state index contributed by atoms with van der Waals surface area (Å²) in [7, 11) is 0. The van der Waals surface area contributed by atoms with Crippen LogP contribution in [-0.4, -0.2) is 52.9 Å². The first-order valence-corrected chi connectivity index (χ1v) is 4.95. The van der Waals surface area contributed by atoms with Gasteiger partial charge in [-0.15, -0.1) is 0 Å². The fourth-order valence-electron chi connectivity index (χ4n) is 1.65. The van der Waals surface area contributed by atoms with Crippen LogP contribution in [0.5, 0.6) is 0 Å². The zero-order chi connectivity index (χ0) is 10.7. The van der Waals surface area contributed by atoms with Crippen molar-refractivity contribution in [1.29, 1.82) is 0 Å². The second-order valence-electron chi connectivity index (χ2n) is 3.72. The summed E-state index contributed by atoms with van der Waals surface area (Å²) in [5.41, 5.74) is 5.45. The van der Waals surface area contributed by atoms with E-state index in [4.69, 9.17) is 5.73 Å². The molecule has 0 spiro atoms. The summed E-state index contributed by atoms with van der Waals surface area (Å²) in [6.45, 7) is 2.66. The van der Waals surface area contributed by atoms with Gasteiger partial charge < -0.3 is 20.8 Å². The molecule has 1 amide bonds. The normalized spacial score (nSPS) is 29.3.